The first-order chi connectivity index (χ1) is 12.4. The molecule has 0 fully saturated rings. The van der Waals surface area contributed by atoms with Crippen molar-refractivity contribution in [3.8, 4) is 16.3 Å². The normalized spacial score (nSPS) is 10.7. The molecule has 0 atom stereocenters. The maximum absolute atomic E-state index is 13.5. The first-order valence-corrected chi connectivity index (χ1v) is 9.82. The molecule has 0 spiro atoms. The van der Waals surface area contributed by atoms with E-state index in [4.69, 9.17) is 4.74 Å². The van der Waals surface area contributed by atoms with Gasteiger partial charge in [-0.15, -0.1) is 0 Å². The molecule has 0 saturated carbocycles. The number of aromatic nitrogens is 2. The minimum absolute atomic E-state index is 0.178. The van der Waals surface area contributed by atoms with Crippen molar-refractivity contribution in [2.75, 3.05) is 17.7 Å². The summed E-state index contributed by atoms with van der Waals surface area (Å²) in [6.07, 6.45) is 0. The Bertz CT molecular complexity index is 973. The molecule has 0 aliphatic carbocycles. The number of nitrogens with one attached hydrogen (secondary N) is 2. The lowest BCUT2D eigenvalue weighted by atomic mass is 10.3. The Morgan fingerprint density at radius 1 is 1.27 bits per heavy atom. The molecular formula is C16H14BrFN4O2S2. The van der Waals surface area contributed by atoms with Crippen molar-refractivity contribution in [2.45, 2.75) is 13.8 Å². The predicted molar refractivity (Wildman–Crippen MR) is 106 cm³/mol. The SMILES string of the molecule is COc1ccc(F)cc1Nc1nc(-c2sc(NC(C)=O)nc2C)c(Br)s1. The molecule has 3 rings (SSSR count). The first kappa shape index (κ1) is 18.7. The quantitative estimate of drug-likeness (QED) is 0.552. The number of anilines is 3. The van der Waals surface area contributed by atoms with Crippen LogP contribution in [0.15, 0.2) is 22.0 Å². The molecule has 0 aliphatic rings. The van der Waals surface area contributed by atoms with Crippen LogP contribution < -0.4 is 15.4 Å². The van der Waals surface area contributed by atoms with Crippen LogP contribution in [0.2, 0.25) is 0 Å². The topological polar surface area (TPSA) is 76.1 Å². The van der Waals surface area contributed by atoms with Crippen LogP contribution in [0.4, 0.5) is 20.3 Å². The smallest absolute Gasteiger partial charge is 0.223 e. The minimum atomic E-state index is -0.373. The van der Waals surface area contributed by atoms with Crippen LogP contribution in [0.5, 0.6) is 5.75 Å². The van der Waals surface area contributed by atoms with Gasteiger partial charge in [-0.2, -0.15) is 0 Å². The summed E-state index contributed by atoms with van der Waals surface area (Å²) < 4.78 is 19.6. The fourth-order valence-electron chi connectivity index (χ4n) is 2.21. The van der Waals surface area contributed by atoms with Crippen molar-refractivity contribution in [3.63, 3.8) is 0 Å². The van der Waals surface area contributed by atoms with Crippen LogP contribution in [0.25, 0.3) is 10.6 Å². The number of aryl methyl sites for hydroxylation is 1. The number of carbonyl (C=O) groups is 1. The number of hydrogen-bond donors (Lipinski definition) is 2. The fraction of sp³-hybridized carbons (Fsp3) is 0.188. The summed E-state index contributed by atoms with van der Waals surface area (Å²) in [5.41, 5.74) is 1.96. The summed E-state index contributed by atoms with van der Waals surface area (Å²) in [6.45, 7) is 3.29. The second-order valence-corrected chi connectivity index (χ2v) is 8.54. The minimum Gasteiger partial charge on any atom is -0.495 e. The zero-order valence-electron chi connectivity index (χ0n) is 14.0. The zero-order valence-corrected chi connectivity index (χ0v) is 17.2. The highest BCUT2D eigenvalue weighted by molar-refractivity contribution is 9.11. The summed E-state index contributed by atoms with van der Waals surface area (Å²) in [6, 6.07) is 4.23. The van der Waals surface area contributed by atoms with Gasteiger partial charge in [0.2, 0.25) is 5.91 Å². The number of benzene rings is 1. The van der Waals surface area contributed by atoms with Crippen molar-refractivity contribution < 1.29 is 13.9 Å². The number of methoxy groups -OCH3 is 1. The molecule has 10 heteroatoms. The average Bonchev–Trinajstić information content (AvgIpc) is 3.09. The molecule has 0 saturated heterocycles. The summed E-state index contributed by atoms with van der Waals surface area (Å²) >= 11 is 6.23. The molecule has 3 aromatic rings. The van der Waals surface area contributed by atoms with Gasteiger partial charge in [0.05, 0.1) is 23.4 Å². The lowest BCUT2D eigenvalue weighted by Crippen LogP contribution is -2.04. The highest BCUT2D eigenvalue weighted by Gasteiger charge is 2.18. The van der Waals surface area contributed by atoms with Gasteiger partial charge < -0.3 is 15.4 Å². The molecule has 0 radical (unpaired) electrons. The van der Waals surface area contributed by atoms with E-state index >= 15 is 0 Å². The second-order valence-electron chi connectivity index (χ2n) is 5.23. The van der Waals surface area contributed by atoms with Gasteiger partial charge in [-0.05, 0) is 35.0 Å². The highest BCUT2D eigenvalue weighted by Crippen LogP contribution is 2.42. The maximum atomic E-state index is 13.5. The highest BCUT2D eigenvalue weighted by atomic mass is 79.9. The third-order valence-corrected chi connectivity index (χ3v) is 5.98. The Labute approximate surface area is 165 Å². The number of rotatable bonds is 5. The Hall–Kier alpha value is -2.04. The van der Waals surface area contributed by atoms with Crippen molar-refractivity contribution in [3.05, 3.63) is 33.5 Å². The number of nitrogens with zero attached hydrogens (tertiary/aromatic N) is 2. The Kier molecular flexibility index (Phi) is 5.54. The number of hydrogen-bond acceptors (Lipinski definition) is 7. The Balaban J connectivity index is 1.92. The average molecular weight is 457 g/mol. The van der Waals surface area contributed by atoms with Crippen LogP contribution in [0.3, 0.4) is 0 Å². The van der Waals surface area contributed by atoms with E-state index in [1.165, 1.54) is 48.8 Å². The van der Waals surface area contributed by atoms with E-state index in [0.29, 0.717) is 27.4 Å². The molecule has 6 nitrogen and oxygen atoms in total. The van der Waals surface area contributed by atoms with Gasteiger partial charge in [-0.1, -0.05) is 22.7 Å². The van der Waals surface area contributed by atoms with Crippen molar-refractivity contribution in [1.29, 1.82) is 0 Å². The van der Waals surface area contributed by atoms with Crippen LogP contribution in [-0.4, -0.2) is 23.0 Å². The molecule has 2 aromatic heterocycles. The van der Waals surface area contributed by atoms with Gasteiger partial charge in [0.25, 0.3) is 0 Å². The zero-order chi connectivity index (χ0) is 18.8. The molecular weight excluding hydrogens is 443 g/mol. The van der Waals surface area contributed by atoms with Gasteiger partial charge in [0.15, 0.2) is 10.3 Å². The molecule has 1 amide bonds. The Morgan fingerprint density at radius 3 is 2.73 bits per heavy atom. The molecule has 1 aromatic carbocycles. The van der Waals surface area contributed by atoms with Crippen LogP contribution in [-0.2, 0) is 4.79 Å². The predicted octanol–water partition coefficient (Wildman–Crippen LogP) is 5.19. The van der Waals surface area contributed by atoms with Crippen LogP contribution in [0, 0.1) is 12.7 Å². The first-order valence-electron chi connectivity index (χ1n) is 7.39. The monoisotopic (exact) mass is 456 g/mol. The third-order valence-electron chi connectivity index (χ3n) is 3.28. The molecule has 0 aliphatic heterocycles. The number of carbonyl (C=O) groups excluding carboxylic acids is 1. The number of ether oxygens (including phenoxy) is 1. The van der Waals surface area contributed by atoms with E-state index in [1.807, 2.05) is 6.92 Å². The summed E-state index contributed by atoms with van der Waals surface area (Å²) in [5, 5.41) is 6.85. The summed E-state index contributed by atoms with van der Waals surface area (Å²) in [4.78, 5) is 21.0. The van der Waals surface area contributed by atoms with Gasteiger partial charge in [-0.25, -0.2) is 14.4 Å². The van der Waals surface area contributed by atoms with E-state index in [0.717, 1.165) is 14.4 Å². The number of amides is 1. The van der Waals surface area contributed by atoms with Crippen LogP contribution in [0.1, 0.15) is 12.6 Å². The van der Waals surface area contributed by atoms with Crippen LogP contribution >= 0.6 is 38.6 Å². The largest absolute Gasteiger partial charge is 0.495 e. The van der Waals surface area contributed by atoms with Crippen molar-refractivity contribution >= 4 is 60.5 Å². The van der Waals surface area contributed by atoms with E-state index in [-0.39, 0.29) is 11.7 Å². The molecule has 136 valence electrons. The van der Waals surface area contributed by atoms with E-state index in [2.05, 4.69) is 36.5 Å². The van der Waals surface area contributed by atoms with Gasteiger partial charge in [0, 0.05) is 13.0 Å². The standard InChI is InChI=1S/C16H14BrFN4O2S2/c1-7-13(25-15(19-7)20-8(2)23)12-14(17)26-16(22-12)21-10-6-9(18)4-5-11(10)24-3/h4-6H,1-3H3,(H,21,22)(H,19,20,23). The van der Waals surface area contributed by atoms with E-state index in [9.17, 15) is 9.18 Å². The van der Waals surface area contributed by atoms with Gasteiger partial charge in [-0.3, -0.25) is 4.79 Å². The van der Waals surface area contributed by atoms with Crippen molar-refractivity contribution in [1.82, 2.24) is 9.97 Å². The number of halogens is 2. The molecule has 2 N–H and O–H groups in total. The fourth-order valence-corrected chi connectivity index (χ4v) is 4.87. The Morgan fingerprint density at radius 2 is 2.04 bits per heavy atom. The van der Waals surface area contributed by atoms with E-state index in [1.54, 1.807) is 6.07 Å². The molecule has 0 unspecified atom stereocenters. The summed E-state index contributed by atoms with van der Waals surface area (Å²) in [7, 11) is 1.52. The molecule has 0 bridgehead atoms. The lowest BCUT2D eigenvalue weighted by Gasteiger charge is -2.08. The van der Waals surface area contributed by atoms with Gasteiger partial charge in [0.1, 0.15) is 21.0 Å². The molecule has 26 heavy (non-hydrogen) atoms. The van der Waals surface area contributed by atoms with Crippen molar-refractivity contribution in [2.24, 2.45) is 0 Å². The number of thiazole rings is 2. The maximum Gasteiger partial charge on any atom is 0.223 e. The molecule has 2 heterocycles. The summed E-state index contributed by atoms with van der Waals surface area (Å²) in [5.74, 6) is -0.0354. The van der Waals surface area contributed by atoms with E-state index < -0.39 is 0 Å². The third kappa shape index (κ3) is 4.02. The lowest BCUT2D eigenvalue weighted by molar-refractivity contribution is -0.114. The van der Waals surface area contributed by atoms with Gasteiger partial charge >= 0.3 is 0 Å². The second kappa shape index (κ2) is 7.68.